The Balaban J connectivity index is 2.07. The maximum absolute atomic E-state index is 4.70. The molecule has 1 aromatic rings. The van der Waals surface area contributed by atoms with Crippen LogP contribution in [0.15, 0.2) is 66.6 Å². The molecule has 0 saturated carbocycles. The highest BCUT2D eigenvalue weighted by Crippen LogP contribution is 2.24. The summed E-state index contributed by atoms with van der Waals surface area (Å²) in [5.74, 6) is 1.85. The van der Waals surface area contributed by atoms with Gasteiger partial charge in [-0.25, -0.2) is 0 Å². The molecule has 5 nitrogen and oxygen atoms in total. The van der Waals surface area contributed by atoms with Gasteiger partial charge in [0, 0.05) is 44.2 Å². The molecule has 0 saturated heterocycles. The molecule has 2 aliphatic rings. The van der Waals surface area contributed by atoms with E-state index in [4.69, 9.17) is 4.99 Å². The Bertz CT molecular complexity index is 787. The number of hydrogen-bond acceptors (Lipinski definition) is 5. The second kappa shape index (κ2) is 8.06. The van der Waals surface area contributed by atoms with Gasteiger partial charge in [0.2, 0.25) is 0 Å². The topological polar surface area (TPSA) is 42.9 Å². The minimum Gasteiger partial charge on any atom is -0.384 e. The zero-order valence-electron chi connectivity index (χ0n) is 15.6. The summed E-state index contributed by atoms with van der Waals surface area (Å²) in [7, 11) is 4.13. The number of benzene rings is 1. The summed E-state index contributed by atoms with van der Waals surface area (Å²) in [4.78, 5) is 9.02. The molecule has 3 rings (SSSR count). The van der Waals surface area contributed by atoms with Crippen molar-refractivity contribution in [3.63, 3.8) is 0 Å². The van der Waals surface area contributed by atoms with Gasteiger partial charge < -0.3 is 20.4 Å². The zero-order chi connectivity index (χ0) is 18.5. The molecule has 2 heterocycles. The van der Waals surface area contributed by atoms with Crippen LogP contribution in [0.3, 0.4) is 0 Å². The molecule has 1 aromatic carbocycles. The van der Waals surface area contributed by atoms with Crippen LogP contribution in [0.25, 0.3) is 11.3 Å². The first kappa shape index (κ1) is 18.0. The minimum absolute atomic E-state index is 0.748. The molecule has 4 bridgehead atoms. The van der Waals surface area contributed by atoms with Gasteiger partial charge in [-0.3, -0.25) is 4.99 Å². The Labute approximate surface area is 156 Å². The van der Waals surface area contributed by atoms with Crippen molar-refractivity contribution in [1.29, 1.82) is 0 Å². The van der Waals surface area contributed by atoms with E-state index in [0.29, 0.717) is 0 Å². The average Bonchev–Trinajstić information content (AvgIpc) is 2.64. The minimum atomic E-state index is 0.748. The number of allylic oxidation sites excluding steroid dienone is 2. The summed E-state index contributed by atoms with van der Waals surface area (Å²) in [6.45, 7) is 11.7. The first-order valence-corrected chi connectivity index (χ1v) is 8.90. The predicted octanol–water partition coefficient (Wildman–Crippen LogP) is 2.49. The smallest absolute Gasteiger partial charge is 0.127 e. The summed E-state index contributed by atoms with van der Waals surface area (Å²) in [5, 5.41) is 6.88. The van der Waals surface area contributed by atoms with Crippen molar-refractivity contribution in [2.75, 3.05) is 40.3 Å². The standard InChI is InChI=1S/C21H27N5/c1-5-19-18-8-6-7-17(15-18)16(2)22-10-13-25(3)14-11-23-20-9-12-26(4)21(19)24-20/h5-9,12,15,22H,1-2,10-11,13-14H2,3-4H3,(H,23,24)/b21-19+. The molecule has 2 N–H and O–H groups in total. The van der Waals surface area contributed by atoms with E-state index in [1.165, 1.54) is 0 Å². The SMILES string of the molecule is C=C/C1=C2/NC(=NCCN(C)CCNC(=C)c3cccc1c3)C=CN2C. The molecule has 0 spiro atoms. The second-order valence-corrected chi connectivity index (χ2v) is 6.57. The fraction of sp³-hybridized carbons (Fsp3) is 0.286. The monoisotopic (exact) mass is 349 g/mol. The van der Waals surface area contributed by atoms with Gasteiger partial charge in [0.25, 0.3) is 0 Å². The van der Waals surface area contributed by atoms with Gasteiger partial charge in [-0.1, -0.05) is 37.4 Å². The van der Waals surface area contributed by atoms with Crippen LogP contribution in [-0.4, -0.2) is 55.9 Å². The summed E-state index contributed by atoms with van der Waals surface area (Å²) in [6.07, 6.45) is 5.92. The molecule has 0 aromatic heterocycles. The molecule has 2 aliphatic heterocycles. The Morgan fingerprint density at radius 1 is 1.19 bits per heavy atom. The van der Waals surface area contributed by atoms with Crippen LogP contribution in [0.1, 0.15) is 11.1 Å². The Hall–Kier alpha value is -2.79. The van der Waals surface area contributed by atoms with E-state index >= 15 is 0 Å². The van der Waals surface area contributed by atoms with Gasteiger partial charge in [-0.05, 0) is 30.3 Å². The fourth-order valence-electron chi connectivity index (χ4n) is 3.04. The Morgan fingerprint density at radius 2 is 2.00 bits per heavy atom. The number of fused-ring (bicyclic) bond motifs is 4. The number of aliphatic imine (C=N–C) groups is 1. The van der Waals surface area contributed by atoms with Crippen molar-refractivity contribution in [2.24, 2.45) is 4.99 Å². The van der Waals surface area contributed by atoms with Crippen LogP contribution >= 0.6 is 0 Å². The van der Waals surface area contributed by atoms with Crippen molar-refractivity contribution in [2.45, 2.75) is 0 Å². The number of nitrogens with zero attached hydrogens (tertiary/aromatic N) is 3. The predicted molar refractivity (Wildman–Crippen MR) is 110 cm³/mol. The van der Waals surface area contributed by atoms with Crippen LogP contribution in [-0.2, 0) is 0 Å². The van der Waals surface area contributed by atoms with Crippen molar-refractivity contribution in [3.05, 3.63) is 72.7 Å². The van der Waals surface area contributed by atoms with Crippen molar-refractivity contribution in [1.82, 2.24) is 20.4 Å². The molecule has 0 fully saturated rings. The lowest BCUT2D eigenvalue weighted by Crippen LogP contribution is -2.35. The van der Waals surface area contributed by atoms with Crippen LogP contribution < -0.4 is 10.6 Å². The van der Waals surface area contributed by atoms with Crippen molar-refractivity contribution in [3.8, 4) is 0 Å². The number of amidine groups is 1. The van der Waals surface area contributed by atoms with Crippen LogP contribution in [0.4, 0.5) is 0 Å². The average molecular weight is 349 g/mol. The number of likely N-dealkylation sites (N-methyl/N-ethyl adjacent to an activating group) is 1. The zero-order valence-corrected chi connectivity index (χ0v) is 15.6. The van der Waals surface area contributed by atoms with E-state index in [0.717, 1.165) is 60.2 Å². The molecule has 0 amide bonds. The lowest BCUT2D eigenvalue weighted by Gasteiger charge is -2.27. The third kappa shape index (κ3) is 4.06. The summed E-state index contributed by atoms with van der Waals surface area (Å²) >= 11 is 0. The van der Waals surface area contributed by atoms with E-state index in [1.807, 2.05) is 25.4 Å². The number of rotatable bonds is 1. The van der Waals surface area contributed by atoms with Crippen LogP contribution in [0, 0.1) is 0 Å². The highest BCUT2D eigenvalue weighted by atomic mass is 15.3. The molecular formula is C21H27N5. The van der Waals surface area contributed by atoms with Gasteiger partial charge in [-0.2, -0.15) is 0 Å². The summed E-state index contributed by atoms with van der Waals surface area (Å²) in [5.41, 5.74) is 4.15. The maximum Gasteiger partial charge on any atom is 0.127 e. The normalized spacial score (nSPS) is 21.8. The quantitative estimate of drug-likeness (QED) is 0.818. The Morgan fingerprint density at radius 3 is 2.81 bits per heavy atom. The van der Waals surface area contributed by atoms with E-state index in [-0.39, 0.29) is 0 Å². The molecule has 5 heteroatoms. The number of nitrogens with one attached hydrogen (secondary N) is 2. The first-order valence-electron chi connectivity index (χ1n) is 8.90. The van der Waals surface area contributed by atoms with Crippen LogP contribution in [0.5, 0.6) is 0 Å². The lowest BCUT2D eigenvalue weighted by atomic mass is 10.0. The van der Waals surface area contributed by atoms with E-state index in [1.54, 1.807) is 0 Å². The summed E-state index contributed by atoms with van der Waals surface area (Å²) < 4.78 is 0. The molecule has 26 heavy (non-hydrogen) atoms. The van der Waals surface area contributed by atoms with E-state index in [9.17, 15) is 0 Å². The molecule has 136 valence electrons. The highest BCUT2D eigenvalue weighted by molar-refractivity contribution is 5.97. The summed E-state index contributed by atoms with van der Waals surface area (Å²) in [6, 6.07) is 8.38. The lowest BCUT2D eigenvalue weighted by molar-refractivity contribution is 0.347. The molecule has 0 atom stereocenters. The van der Waals surface area contributed by atoms with Gasteiger partial charge >= 0.3 is 0 Å². The highest BCUT2D eigenvalue weighted by Gasteiger charge is 2.16. The van der Waals surface area contributed by atoms with Gasteiger partial charge in [0.15, 0.2) is 0 Å². The fourth-order valence-corrected chi connectivity index (χ4v) is 3.04. The third-order valence-corrected chi connectivity index (χ3v) is 4.63. The number of hydrogen-bond donors (Lipinski definition) is 2. The largest absolute Gasteiger partial charge is 0.384 e. The van der Waals surface area contributed by atoms with Crippen LogP contribution in [0.2, 0.25) is 0 Å². The molecule has 0 aliphatic carbocycles. The van der Waals surface area contributed by atoms with Crippen molar-refractivity contribution < 1.29 is 0 Å². The van der Waals surface area contributed by atoms with Gasteiger partial charge in [0.1, 0.15) is 11.7 Å². The molecule has 0 radical (unpaired) electrons. The van der Waals surface area contributed by atoms with Crippen molar-refractivity contribution >= 4 is 17.1 Å². The third-order valence-electron chi connectivity index (χ3n) is 4.63. The Kier molecular flexibility index (Phi) is 5.58. The first-order chi connectivity index (χ1) is 12.6. The van der Waals surface area contributed by atoms with E-state index in [2.05, 4.69) is 64.9 Å². The van der Waals surface area contributed by atoms with Gasteiger partial charge in [0.05, 0.1) is 6.54 Å². The van der Waals surface area contributed by atoms with Gasteiger partial charge in [-0.15, -0.1) is 0 Å². The molecular weight excluding hydrogens is 322 g/mol. The molecule has 0 unspecified atom stereocenters. The van der Waals surface area contributed by atoms with E-state index < -0.39 is 0 Å². The second-order valence-electron chi connectivity index (χ2n) is 6.57. The maximum atomic E-state index is 4.70.